The number of hydrogen-bond acceptors (Lipinski definition) is 6. The highest BCUT2D eigenvalue weighted by atomic mass is 127. The lowest BCUT2D eigenvalue weighted by Gasteiger charge is -2.19. The maximum absolute atomic E-state index is 4.51. The van der Waals surface area contributed by atoms with Gasteiger partial charge in [-0.1, -0.05) is 12.1 Å². The van der Waals surface area contributed by atoms with E-state index < -0.39 is 0 Å². The molecule has 0 saturated heterocycles. The van der Waals surface area contributed by atoms with Gasteiger partial charge in [0.2, 0.25) is 17.8 Å². The molecule has 0 aliphatic heterocycles. The van der Waals surface area contributed by atoms with Crippen LogP contribution in [0.5, 0.6) is 0 Å². The maximum Gasteiger partial charge on any atom is 0.233 e. The molecule has 0 atom stereocenters. The SMILES string of the molecule is CCN(CC)c1nc(NC)nc(Nc2ccccc2I)n1. The number of hydrogen-bond donors (Lipinski definition) is 2. The molecule has 2 aromatic rings. The predicted molar refractivity (Wildman–Crippen MR) is 95.4 cm³/mol. The molecule has 0 aliphatic carbocycles. The van der Waals surface area contributed by atoms with Crippen molar-refractivity contribution < 1.29 is 0 Å². The number of halogens is 1. The summed E-state index contributed by atoms with van der Waals surface area (Å²) < 4.78 is 1.12. The molecular weight excluding hydrogens is 379 g/mol. The van der Waals surface area contributed by atoms with Crippen LogP contribution in [0.1, 0.15) is 13.8 Å². The Kier molecular flexibility index (Phi) is 5.54. The van der Waals surface area contributed by atoms with E-state index in [2.05, 4.69) is 66.9 Å². The van der Waals surface area contributed by atoms with E-state index in [1.165, 1.54) is 0 Å². The lowest BCUT2D eigenvalue weighted by Crippen LogP contribution is -2.25. The van der Waals surface area contributed by atoms with E-state index in [9.17, 15) is 0 Å². The van der Waals surface area contributed by atoms with Gasteiger partial charge in [0, 0.05) is 23.7 Å². The fraction of sp³-hybridized carbons (Fsp3) is 0.357. The van der Waals surface area contributed by atoms with Crippen molar-refractivity contribution in [1.82, 2.24) is 15.0 Å². The fourth-order valence-corrected chi connectivity index (χ4v) is 2.39. The van der Waals surface area contributed by atoms with Crippen LogP contribution in [-0.2, 0) is 0 Å². The zero-order valence-electron chi connectivity index (χ0n) is 12.4. The number of rotatable bonds is 6. The molecule has 2 rings (SSSR count). The van der Waals surface area contributed by atoms with E-state index in [1.807, 2.05) is 24.3 Å². The van der Waals surface area contributed by atoms with Gasteiger partial charge in [-0.25, -0.2) is 0 Å². The van der Waals surface area contributed by atoms with E-state index in [-0.39, 0.29) is 0 Å². The highest BCUT2D eigenvalue weighted by Gasteiger charge is 2.11. The number of benzene rings is 1. The number of nitrogens with zero attached hydrogens (tertiary/aromatic N) is 4. The Morgan fingerprint density at radius 2 is 1.71 bits per heavy atom. The third-order valence-corrected chi connectivity index (χ3v) is 3.95. The van der Waals surface area contributed by atoms with Crippen molar-refractivity contribution in [3.8, 4) is 0 Å². The summed E-state index contributed by atoms with van der Waals surface area (Å²) in [6, 6.07) is 8.02. The molecule has 0 unspecified atom stereocenters. The van der Waals surface area contributed by atoms with Gasteiger partial charge in [0.15, 0.2) is 0 Å². The Balaban J connectivity index is 2.35. The average molecular weight is 398 g/mol. The minimum Gasteiger partial charge on any atom is -0.357 e. The lowest BCUT2D eigenvalue weighted by atomic mass is 10.3. The van der Waals surface area contributed by atoms with Crippen LogP contribution in [0.2, 0.25) is 0 Å². The van der Waals surface area contributed by atoms with Crippen molar-refractivity contribution in [2.45, 2.75) is 13.8 Å². The second-order valence-electron chi connectivity index (χ2n) is 4.31. The molecule has 2 N–H and O–H groups in total. The van der Waals surface area contributed by atoms with Crippen LogP contribution < -0.4 is 15.5 Å². The van der Waals surface area contributed by atoms with Crippen molar-refractivity contribution in [3.63, 3.8) is 0 Å². The highest BCUT2D eigenvalue weighted by molar-refractivity contribution is 14.1. The molecule has 1 aromatic carbocycles. The monoisotopic (exact) mass is 398 g/mol. The number of aromatic nitrogens is 3. The molecule has 1 heterocycles. The highest BCUT2D eigenvalue weighted by Crippen LogP contribution is 2.22. The number of nitrogens with one attached hydrogen (secondary N) is 2. The average Bonchev–Trinajstić information content (AvgIpc) is 2.50. The molecule has 0 fully saturated rings. The third kappa shape index (κ3) is 3.93. The molecule has 0 aliphatic rings. The summed E-state index contributed by atoms with van der Waals surface area (Å²) in [5, 5.41) is 6.23. The Hall–Kier alpha value is -1.64. The number of para-hydroxylation sites is 1. The first-order valence-electron chi connectivity index (χ1n) is 6.88. The van der Waals surface area contributed by atoms with E-state index in [4.69, 9.17) is 0 Å². The van der Waals surface area contributed by atoms with E-state index in [0.29, 0.717) is 17.8 Å². The summed E-state index contributed by atoms with van der Waals surface area (Å²) in [5.41, 5.74) is 0.983. The zero-order chi connectivity index (χ0) is 15.2. The zero-order valence-corrected chi connectivity index (χ0v) is 14.5. The quantitative estimate of drug-likeness (QED) is 0.730. The predicted octanol–water partition coefficient (Wildman–Crippen LogP) is 3.11. The molecular formula is C14H19IN6. The summed E-state index contributed by atoms with van der Waals surface area (Å²) in [7, 11) is 1.80. The van der Waals surface area contributed by atoms with Crippen molar-refractivity contribution in [2.24, 2.45) is 0 Å². The minimum absolute atomic E-state index is 0.542. The van der Waals surface area contributed by atoms with Gasteiger partial charge in [0.1, 0.15) is 0 Å². The van der Waals surface area contributed by atoms with Crippen LogP contribution in [0.3, 0.4) is 0 Å². The first kappa shape index (κ1) is 15.7. The second kappa shape index (κ2) is 7.39. The Labute approximate surface area is 138 Å². The van der Waals surface area contributed by atoms with Crippen LogP contribution >= 0.6 is 22.6 Å². The summed E-state index contributed by atoms with van der Waals surface area (Å²) in [6.45, 7) is 5.87. The molecule has 0 bridgehead atoms. The van der Waals surface area contributed by atoms with Crippen molar-refractivity contribution >= 4 is 46.1 Å². The summed E-state index contributed by atoms with van der Waals surface area (Å²) in [4.78, 5) is 15.4. The first-order valence-corrected chi connectivity index (χ1v) is 7.96. The molecule has 7 heteroatoms. The summed E-state index contributed by atoms with van der Waals surface area (Å²) >= 11 is 2.28. The largest absolute Gasteiger partial charge is 0.357 e. The van der Waals surface area contributed by atoms with Crippen LogP contribution in [0.15, 0.2) is 24.3 Å². The second-order valence-corrected chi connectivity index (χ2v) is 5.47. The Bertz CT molecular complexity index is 600. The first-order chi connectivity index (χ1) is 10.2. The van der Waals surface area contributed by atoms with Crippen molar-refractivity contribution in [2.75, 3.05) is 35.7 Å². The van der Waals surface area contributed by atoms with Crippen LogP contribution in [0, 0.1) is 3.57 Å². The van der Waals surface area contributed by atoms with E-state index in [1.54, 1.807) is 7.05 Å². The van der Waals surface area contributed by atoms with Crippen LogP contribution in [-0.4, -0.2) is 35.1 Å². The normalized spacial score (nSPS) is 10.3. The van der Waals surface area contributed by atoms with E-state index in [0.717, 1.165) is 22.3 Å². The van der Waals surface area contributed by atoms with Gasteiger partial charge in [0.05, 0.1) is 5.69 Å². The lowest BCUT2D eigenvalue weighted by molar-refractivity contribution is 0.815. The Morgan fingerprint density at radius 1 is 1.05 bits per heavy atom. The molecule has 0 saturated carbocycles. The maximum atomic E-state index is 4.51. The van der Waals surface area contributed by atoms with Crippen LogP contribution in [0.4, 0.5) is 23.5 Å². The molecule has 0 amide bonds. The van der Waals surface area contributed by atoms with Crippen molar-refractivity contribution in [1.29, 1.82) is 0 Å². The van der Waals surface area contributed by atoms with Gasteiger partial charge in [-0.3, -0.25) is 0 Å². The van der Waals surface area contributed by atoms with Gasteiger partial charge in [-0.15, -0.1) is 0 Å². The molecule has 0 radical (unpaired) electrons. The molecule has 112 valence electrons. The van der Waals surface area contributed by atoms with Gasteiger partial charge >= 0.3 is 0 Å². The third-order valence-electron chi connectivity index (χ3n) is 3.01. The summed E-state index contributed by atoms with van der Waals surface area (Å²) in [6.07, 6.45) is 0. The summed E-state index contributed by atoms with van der Waals surface area (Å²) in [5.74, 6) is 1.77. The van der Waals surface area contributed by atoms with Crippen LogP contribution in [0.25, 0.3) is 0 Å². The topological polar surface area (TPSA) is 66.0 Å². The molecule has 0 spiro atoms. The van der Waals surface area contributed by atoms with Gasteiger partial charge in [-0.05, 0) is 48.6 Å². The fourth-order valence-electron chi connectivity index (χ4n) is 1.86. The standard InChI is InChI=1S/C14H19IN6/c1-4-21(5-2)14-19-12(16-3)18-13(20-14)17-11-9-7-6-8-10(11)15/h6-9H,4-5H2,1-3H3,(H2,16,17,18,19,20). The van der Waals surface area contributed by atoms with Crippen molar-refractivity contribution in [3.05, 3.63) is 27.8 Å². The van der Waals surface area contributed by atoms with Gasteiger partial charge in [0.25, 0.3) is 0 Å². The molecule has 6 nitrogen and oxygen atoms in total. The molecule has 21 heavy (non-hydrogen) atoms. The van der Waals surface area contributed by atoms with Gasteiger partial charge < -0.3 is 15.5 Å². The number of anilines is 4. The van der Waals surface area contributed by atoms with Gasteiger partial charge in [-0.2, -0.15) is 15.0 Å². The Morgan fingerprint density at radius 3 is 2.33 bits per heavy atom. The minimum atomic E-state index is 0.542. The smallest absolute Gasteiger partial charge is 0.233 e. The van der Waals surface area contributed by atoms with E-state index >= 15 is 0 Å². The molecule has 1 aromatic heterocycles.